The summed E-state index contributed by atoms with van der Waals surface area (Å²) in [6.45, 7) is 1.72. The molecular formula is C86H153NO18. The number of hydrogen-bond donors (Lipinski definition) is 12. The highest BCUT2D eigenvalue weighted by molar-refractivity contribution is 5.76. The van der Waals surface area contributed by atoms with Crippen molar-refractivity contribution in [2.45, 2.75) is 426 Å². The topological polar surface area (TPSA) is 307 Å². The van der Waals surface area contributed by atoms with Crippen LogP contribution in [0.15, 0.2) is 85.1 Å². The van der Waals surface area contributed by atoms with Crippen LogP contribution in [-0.2, 0) is 33.2 Å². The summed E-state index contributed by atoms with van der Waals surface area (Å²) in [7, 11) is 0. The molecule has 17 unspecified atom stereocenters. The normalized spacial score (nSPS) is 26.2. The van der Waals surface area contributed by atoms with Gasteiger partial charge in [-0.3, -0.25) is 4.79 Å². The number of amides is 1. The fourth-order valence-electron chi connectivity index (χ4n) is 14.0. The first-order chi connectivity index (χ1) is 51.3. The summed E-state index contributed by atoms with van der Waals surface area (Å²) in [5.41, 5.74) is 0. The molecule has 17 atom stereocenters. The summed E-state index contributed by atoms with van der Waals surface area (Å²) in [5, 5.41) is 121. The number of carbonyl (C=O) groups excluding carboxylic acids is 1. The van der Waals surface area contributed by atoms with E-state index < -0.39 is 124 Å². The fraction of sp³-hybridized carbons (Fsp3) is 0.826. The summed E-state index contributed by atoms with van der Waals surface area (Å²) in [6.07, 6.45) is 60.9. The molecule has 0 radical (unpaired) electrons. The molecule has 610 valence electrons. The maximum atomic E-state index is 13.5. The lowest BCUT2D eigenvalue weighted by atomic mass is 9.96. The van der Waals surface area contributed by atoms with E-state index in [2.05, 4.69) is 104 Å². The lowest BCUT2D eigenvalue weighted by Crippen LogP contribution is -2.66. The van der Waals surface area contributed by atoms with Gasteiger partial charge in [-0.1, -0.05) is 330 Å². The molecule has 3 rings (SSSR count). The van der Waals surface area contributed by atoms with Crippen LogP contribution < -0.4 is 5.32 Å². The standard InChI is InChI=1S/C86H153NO18/c1-3-5-7-9-11-13-15-17-19-21-23-25-27-29-31-32-33-34-35-36-38-40-42-44-46-48-50-52-54-56-58-60-62-64-74(92)87-69(70(91)63-61-59-57-55-53-51-49-47-45-43-41-39-37-30-28-26-24-22-20-18-16-14-12-10-8-6-4-2)68-100-84-80(98)77(95)82(72(66-89)102-84)105-86-81(99)78(96)83(73(67-90)103-86)104-85-79(97)76(94)75(93)71(65-88)101-85/h5,7,11,13,17,19,23,25,29,31,33-34,36,38,69-73,75-86,88-91,93-99H,3-4,6,8-10,12,14-16,18,20-22,24,26-28,30,32,35,37,39-68H2,1-2H3,(H,87,92)/b7-5-,13-11-,19-17-,25-23-,31-29-,34-33-,38-36-. The molecule has 0 aromatic carbocycles. The first-order valence-electron chi connectivity index (χ1n) is 42.3. The highest BCUT2D eigenvalue weighted by Crippen LogP contribution is 2.33. The molecule has 3 heterocycles. The van der Waals surface area contributed by atoms with E-state index in [-0.39, 0.29) is 18.9 Å². The largest absolute Gasteiger partial charge is 0.394 e. The monoisotopic (exact) mass is 1490 g/mol. The number of hydrogen-bond acceptors (Lipinski definition) is 18. The van der Waals surface area contributed by atoms with Crippen LogP contribution in [0.4, 0.5) is 0 Å². The molecule has 3 aliphatic rings. The third-order valence-electron chi connectivity index (χ3n) is 20.7. The van der Waals surface area contributed by atoms with Gasteiger partial charge in [-0.25, -0.2) is 0 Å². The van der Waals surface area contributed by atoms with Gasteiger partial charge in [-0.15, -0.1) is 0 Å². The second-order valence-electron chi connectivity index (χ2n) is 29.9. The van der Waals surface area contributed by atoms with Crippen molar-refractivity contribution in [3.8, 4) is 0 Å². The predicted molar refractivity (Wildman–Crippen MR) is 420 cm³/mol. The molecule has 105 heavy (non-hydrogen) atoms. The Balaban J connectivity index is 1.35. The molecule has 19 heteroatoms. The van der Waals surface area contributed by atoms with Crippen molar-refractivity contribution in [3.63, 3.8) is 0 Å². The van der Waals surface area contributed by atoms with E-state index in [1.165, 1.54) is 193 Å². The Kier molecular flexibility index (Phi) is 60.1. The van der Waals surface area contributed by atoms with Crippen LogP contribution in [0.5, 0.6) is 0 Å². The van der Waals surface area contributed by atoms with Gasteiger partial charge in [0.2, 0.25) is 5.91 Å². The van der Waals surface area contributed by atoms with E-state index in [0.29, 0.717) is 12.8 Å². The van der Waals surface area contributed by atoms with Crippen LogP contribution in [0.25, 0.3) is 0 Å². The van der Waals surface area contributed by atoms with Crippen LogP contribution in [-0.4, -0.2) is 193 Å². The third kappa shape index (κ3) is 45.2. The van der Waals surface area contributed by atoms with Gasteiger partial charge in [0, 0.05) is 6.42 Å². The second-order valence-corrected chi connectivity index (χ2v) is 29.9. The van der Waals surface area contributed by atoms with E-state index in [1.807, 2.05) is 0 Å². The average molecular weight is 1490 g/mol. The summed E-state index contributed by atoms with van der Waals surface area (Å²) >= 11 is 0. The Labute approximate surface area is 635 Å². The predicted octanol–water partition coefficient (Wildman–Crippen LogP) is 15.0. The molecule has 0 saturated carbocycles. The highest BCUT2D eigenvalue weighted by Gasteiger charge is 2.54. The molecule has 3 fully saturated rings. The molecule has 0 spiro atoms. The lowest BCUT2D eigenvalue weighted by Gasteiger charge is -2.48. The van der Waals surface area contributed by atoms with E-state index in [9.17, 15) is 61.0 Å². The summed E-state index contributed by atoms with van der Waals surface area (Å²) in [4.78, 5) is 13.5. The minimum Gasteiger partial charge on any atom is -0.394 e. The van der Waals surface area contributed by atoms with Crippen LogP contribution in [0.3, 0.4) is 0 Å². The highest BCUT2D eigenvalue weighted by atomic mass is 16.8. The average Bonchev–Trinajstić information content (AvgIpc) is 0.780. The Morgan fingerprint density at radius 3 is 1.03 bits per heavy atom. The maximum Gasteiger partial charge on any atom is 0.220 e. The number of unbranched alkanes of at least 4 members (excludes halogenated alkanes) is 37. The van der Waals surface area contributed by atoms with E-state index in [4.69, 9.17) is 28.4 Å². The zero-order valence-electron chi connectivity index (χ0n) is 65.4. The number of ether oxygens (including phenoxy) is 6. The minimum absolute atomic E-state index is 0.245. The van der Waals surface area contributed by atoms with Crippen molar-refractivity contribution >= 4 is 5.91 Å². The fourth-order valence-corrected chi connectivity index (χ4v) is 14.0. The van der Waals surface area contributed by atoms with Crippen LogP contribution in [0, 0.1) is 0 Å². The first-order valence-corrected chi connectivity index (χ1v) is 42.3. The molecule has 3 saturated heterocycles. The number of allylic oxidation sites excluding steroid dienone is 14. The van der Waals surface area contributed by atoms with Gasteiger partial charge in [0.25, 0.3) is 0 Å². The number of nitrogens with one attached hydrogen (secondary N) is 1. The number of aliphatic hydroxyl groups excluding tert-OH is 11. The zero-order chi connectivity index (χ0) is 76.0. The third-order valence-corrected chi connectivity index (χ3v) is 20.7. The quantitative estimate of drug-likeness (QED) is 0.0199. The number of rotatable bonds is 67. The van der Waals surface area contributed by atoms with Gasteiger partial charge in [0.15, 0.2) is 18.9 Å². The van der Waals surface area contributed by atoms with Gasteiger partial charge in [0.05, 0.1) is 38.6 Å². The van der Waals surface area contributed by atoms with Crippen molar-refractivity contribution in [2.75, 3.05) is 26.4 Å². The molecule has 0 aromatic rings. The molecule has 3 aliphatic heterocycles. The van der Waals surface area contributed by atoms with Gasteiger partial charge in [0.1, 0.15) is 73.2 Å². The van der Waals surface area contributed by atoms with Gasteiger partial charge in [-0.2, -0.15) is 0 Å². The van der Waals surface area contributed by atoms with E-state index >= 15 is 0 Å². The Morgan fingerprint density at radius 2 is 0.657 bits per heavy atom. The molecule has 19 nitrogen and oxygen atoms in total. The Bertz CT molecular complexity index is 2230. The van der Waals surface area contributed by atoms with Crippen molar-refractivity contribution in [2.24, 2.45) is 0 Å². The molecule has 1 amide bonds. The van der Waals surface area contributed by atoms with Crippen LogP contribution in [0.2, 0.25) is 0 Å². The van der Waals surface area contributed by atoms with Crippen molar-refractivity contribution < 1.29 is 89.4 Å². The van der Waals surface area contributed by atoms with Crippen LogP contribution >= 0.6 is 0 Å². The molecule has 0 aliphatic carbocycles. The summed E-state index contributed by atoms with van der Waals surface area (Å²) in [5.74, 6) is -0.245. The van der Waals surface area contributed by atoms with Crippen molar-refractivity contribution in [1.29, 1.82) is 0 Å². The lowest BCUT2D eigenvalue weighted by molar-refractivity contribution is -0.379. The van der Waals surface area contributed by atoms with Gasteiger partial charge >= 0.3 is 0 Å². The summed E-state index contributed by atoms with van der Waals surface area (Å²) < 4.78 is 34.6. The Hall–Kier alpha value is -3.03. The second kappa shape index (κ2) is 65.7. The molecule has 0 aromatic heterocycles. The van der Waals surface area contributed by atoms with E-state index in [1.54, 1.807) is 0 Å². The molecule has 0 bridgehead atoms. The number of aliphatic hydroxyl groups is 11. The molecular weight excluding hydrogens is 1330 g/mol. The SMILES string of the molecule is CC/C=C\C/C=C\C/C=C\C/C=C\C/C=C\C/C=C\C/C=C\CCCCCCCCCCCCCC(=O)NC(COC1OC(CO)C(OC2OC(CO)C(OC3OC(CO)C(O)C(O)C3O)C(O)C2O)C(O)C1O)C(O)CCCCCCCCCCCCCCCCCCCCCCCCCCCCC. The maximum absolute atomic E-state index is 13.5. The van der Waals surface area contributed by atoms with Gasteiger partial charge < -0.3 is 89.9 Å². The summed E-state index contributed by atoms with van der Waals surface area (Å²) in [6, 6.07) is -0.896. The molecule has 12 N–H and O–H groups in total. The Morgan fingerprint density at radius 1 is 0.352 bits per heavy atom. The smallest absolute Gasteiger partial charge is 0.220 e. The van der Waals surface area contributed by atoms with Gasteiger partial charge in [-0.05, 0) is 70.6 Å². The van der Waals surface area contributed by atoms with Crippen molar-refractivity contribution in [3.05, 3.63) is 85.1 Å². The minimum atomic E-state index is -1.98. The number of carbonyl (C=O) groups is 1. The van der Waals surface area contributed by atoms with Crippen molar-refractivity contribution in [1.82, 2.24) is 5.32 Å². The zero-order valence-corrected chi connectivity index (χ0v) is 65.4. The van der Waals surface area contributed by atoms with E-state index in [0.717, 1.165) is 96.3 Å². The first kappa shape index (κ1) is 96.2. The van der Waals surface area contributed by atoms with Crippen LogP contribution in [0.1, 0.15) is 322 Å².